The largest absolute Gasteiger partial charge is 0.135 e. The van der Waals surface area contributed by atoms with Crippen LogP contribution in [0.1, 0.15) is 0 Å². The molecule has 0 aliphatic rings. The van der Waals surface area contributed by atoms with Crippen LogP contribution in [0.4, 0.5) is 0 Å². The summed E-state index contributed by atoms with van der Waals surface area (Å²) >= 11 is 3.81. The molecule has 0 aliphatic heterocycles. The number of hydrogen-bond acceptors (Lipinski definition) is 2. The molecule has 250 valence electrons. The first-order chi connectivity index (χ1) is 26.8. The number of fused-ring (bicyclic) bond motifs is 12. The normalized spacial score (nSPS) is 12.1. The Kier molecular flexibility index (Phi) is 6.48. The van der Waals surface area contributed by atoms with E-state index >= 15 is 0 Å². The van der Waals surface area contributed by atoms with E-state index < -0.39 is 0 Å². The molecule has 0 saturated carbocycles. The Balaban J connectivity index is 1.09. The van der Waals surface area contributed by atoms with Gasteiger partial charge in [0.05, 0.1) is 0 Å². The summed E-state index contributed by atoms with van der Waals surface area (Å²) in [6, 6.07) is 67.7. The van der Waals surface area contributed by atoms with Gasteiger partial charge in [-0.3, -0.25) is 0 Å². The Hall–Kier alpha value is -6.32. The summed E-state index contributed by atoms with van der Waals surface area (Å²) in [5.41, 5.74) is 7.62. The van der Waals surface area contributed by atoms with Gasteiger partial charge in [0.2, 0.25) is 0 Å². The van der Waals surface area contributed by atoms with E-state index in [0.717, 1.165) is 0 Å². The first kappa shape index (κ1) is 30.2. The second-order valence-corrected chi connectivity index (χ2v) is 16.5. The van der Waals surface area contributed by atoms with Gasteiger partial charge < -0.3 is 0 Å². The van der Waals surface area contributed by atoms with Crippen LogP contribution in [0.15, 0.2) is 182 Å². The lowest BCUT2D eigenvalue weighted by atomic mass is 9.84. The zero-order valence-electron chi connectivity index (χ0n) is 29.1. The molecule has 0 amide bonds. The highest BCUT2D eigenvalue weighted by Gasteiger charge is 2.20. The molecule has 0 fully saturated rings. The maximum atomic E-state index is 2.43. The lowest BCUT2D eigenvalue weighted by molar-refractivity contribution is 1.66. The summed E-state index contributed by atoms with van der Waals surface area (Å²) in [6.07, 6.45) is 0. The van der Waals surface area contributed by atoms with Crippen LogP contribution in [-0.4, -0.2) is 0 Å². The van der Waals surface area contributed by atoms with Crippen molar-refractivity contribution in [1.82, 2.24) is 0 Å². The van der Waals surface area contributed by atoms with Crippen molar-refractivity contribution in [2.75, 3.05) is 0 Å². The summed E-state index contributed by atoms with van der Waals surface area (Å²) in [4.78, 5) is 0. The van der Waals surface area contributed by atoms with E-state index in [4.69, 9.17) is 0 Å². The predicted molar refractivity (Wildman–Crippen MR) is 239 cm³/mol. The van der Waals surface area contributed by atoms with Crippen molar-refractivity contribution in [3.05, 3.63) is 182 Å². The molecule has 0 unspecified atom stereocenters. The molecule has 2 aromatic heterocycles. The third-order valence-corrected chi connectivity index (χ3v) is 13.7. The van der Waals surface area contributed by atoms with E-state index in [1.807, 2.05) is 22.7 Å². The van der Waals surface area contributed by atoms with Crippen molar-refractivity contribution < 1.29 is 0 Å². The van der Waals surface area contributed by atoms with Crippen LogP contribution in [0, 0.1) is 0 Å². The Morgan fingerprint density at radius 1 is 0.259 bits per heavy atom. The topological polar surface area (TPSA) is 0 Å². The number of thiophene rings is 2. The quantitative estimate of drug-likeness (QED) is 0.160. The van der Waals surface area contributed by atoms with Crippen molar-refractivity contribution in [3.8, 4) is 33.4 Å². The summed E-state index contributed by atoms with van der Waals surface area (Å²) in [6.45, 7) is 0. The van der Waals surface area contributed by atoms with Crippen molar-refractivity contribution in [2.45, 2.75) is 0 Å². The lowest BCUT2D eigenvalue weighted by Crippen LogP contribution is -1.92. The number of benzene rings is 10. The molecule has 0 saturated heterocycles. The Labute approximate surface area is 319 Å². The van der Waals surface area contributed by atoms with Crippen LogP contribution in [0.5, 0.6) is 0 Å². The van der Waals surface area contributed by atoms with Gasteiger partial charge in [0, 0.05) is 45.7 Å². The monoisotopic (exact) mass is 718 g/mol. The molecule has 0 atom stereocenters. The van der Waals surface area contributed by atoms with Gasteiger partial charge in [-0.25, -0.2) is 0 Å². The average molecular weight is 719 g/mol. The van der Waals surface area contributed by atoms with Crippen LogP contribution < -0.4 is 0 Å². The van der Waals surface area contributed by atoms with E-state index in [1.54, 1.807) is 0 Å². The first-order valence-corrected chi connectivity index (χ1v) is 20.1. The second-order valence-electron chi connectivity index (χ2n) is 14.3. The minimum Gasteiger partial charge on any atom is -0.135 e. The number of hydrogen-bond donors (Lipinski definition) is 0. The zero-order valence-corrected chi connectivity index (χ0v) is 30.8. The minimum absolute atomic E-state index is 1.24. The van der Waals surface area contributed by atoms with Crippen LogP contribution in [0.3, 0.4) is 0 Å². The van der Waals surface area contributed by atoms with Gasteiger partial charge in [-0.2, -0.15) is 0 Å². The van der Waals surface area contributed by atoms with Crippen LogP contribution in [0.2, 0.25) is 0 Å². The minimum atomic E-state index is 1.24. The number of rotatable bonds is 3. The molecule has 0 aliphatic carbocycles. The Morgan fingerprint density at radius 2 is 0.759 bits per heavy atom. The molecule has 12 rings (SSSR count). The smallest absolute Gasteiger partial charge is 0.0362 e. The van der Waals surface area contributed by atoms with Gasteiger partial charge >= 0.3 is 0 Å². The molecule has 0 N–H and O–H groups in total. The maximum Gasteiger partial charge on any atom is 0.0362 e. The second kappa shape index (κ2) is 11.6. The molecule has 2 heteroatoms. The molecule has 54 heavy (non-hydrogen) atoms. The fourth-order valence-corrected chi connectivity index (χ4v) is 11.4. The first-order valence-electron chi connectivity index (χ1n) is 18.5. The van der Waals surface area contributed by atoms with Crippen LogP contribution in [-0.2, 0) is 0 Å². The Bertz CT molecular complexity index is 3430. The highest BCUT2D eigenvalue weighted by molar-refractivity contribution is 7.27. The van der Waals surface area contributed by atoms with Crippen LogP contribution >= 0.6 is 22.7 Å². The average Bonchev–Trinajstić information content (AvgIpc) is 3.81. The summed E-state index contributed by atoms with van der Waals surface area (Å²) in [7, 11) is 0. The molecular formula is C52H30S2. The van der Waals surface area contributed by atoms with Crippen molar-refractivity contribution >= 4 is 106 Å². The third-order valence-electron chi connectivity index (χ3n) is 11.5. The van der Waals surface area contributed by atoms with E-state index in [0.29, 0.717) is 0 Å². The van der Waals surface area contributed by atoms with Crippen molar-refractivity contribution in [3.63, 3.8) is 0 Å². The molecule has 0 radical (unpaired) electrons. The van der Waals surface area contributed by atoms with E-state index in [-0.39, 0.29) is 0 Å². The van der Waals surface area contributed by atoms with Crippen molar-refractivity contribution in [1.29, 1.82) is 0 Å². The molecule has 0 spiro atoms. The van der Waals surface area contributed by atoms with E-state index in [1.165, 1.54) is 117 Å². The molecule has 0 bridgehead atoms. The highest BCUT2D eigenvalue weighted by atomic mass is 32.1. The van der Waals surface area contributed by atoms with E-state index in [2.05, 4.69) is 182 Å². The summed E-state index contributed by atoms with van der Waals surface area (Å²) < 4.78 is 5.37. The molecular weight excluding hydrogens is 689 g/mol. The highest BCUT2D eigenvalue weighted by Crippen LogP contribution is 2.48. The molecule has 0 nitrogen and oxygen atoms in total. The summed E-state index contributed by atoms with van der Waals surface area (Å²) in [5, 5.41) is 15.8. The van der Waals surface area contributed by atoms with Crippen LogP contribution in [0.25, 0.3) is 117 Å². The van der Waals surface area contributed by atoms with Gasteiger partial charge in [-0.05, 0) is 95.3 Å². The third kappa shape index (κ3) is 4.30. The van der Waals surface area contributed by atoms with Gasteiger partial charge in [0.15, 0.2) is 0 Å². The fraction of sp³-hybridized carbons (Fsp3) is 0. The van der Waals surface area contributed by atoms with E-state index in [9.17, 15) is 0 Å². The predicted octanol–water partition coefficient (Wildman–Crippen LogP) is 16.0. The standard InChI is InChI=1S/C52H30S2/c1-2-12-31(13-3-1)48-37-16-6-8-18-39(37)50(40-19-9-7-17-38(40)48)41-27-26-34(35-14-4-5-15-36(35)41)33-22-25-43-47(30-33)54-46-29-24-32-23-28-45-51(49(32)52(43)46)42-20-10-11-21-44(42)53-45/h1-30H. The fourth-order valence-electron chi connectivity index (χ4n) is 9.17. The zero-order chi connectivity index (χ0) is 35.3. The Morgan fingerprint density at radius 3 is 1.43 bits per heavy atom. The van der Waals surface area contributed by atoms with Gasteiger partial charge in [-0.1, -0.05) is 158 Å². The van der Waals surface area contributed by atoms with Crippen molar-refractivity contribution in [2.24, 2.45) is 0 Å². The lowest BCUT2D eigenvalue weighted by Gasteiger charge is -2.19. The molecule has 10 aromatic carbocycles. The van der Waals surface area contributed by atoms with Gasteiger partial charge in [0.1, 0.15) is 0 Å². The molecule has 2 heterocycles. The summed E-state index contributed by atoms with van der Waals surface area (Å²) in [5.74, 6) is 0. The molecule has 12 aromatic rings. The maximum absolute atomic E-state index is 2.43. The van der Waals surface area contributed by atoms with Gasteiger partial charge in [-0.15, -0.1) is 22.7 Å². The SMILES string of the molecule is c1ccc(-c2c3ccccc3c(-c3ccc(-c4ccc5c(c4)sc4ccc6ccc7sc8ccccc8c7c6c45)c4ccccc34)c3ccccc23)cc1. The van der Waals surface area contributed by atoms with Gasteiger partial charge in [0.25, 0.3) is 0 Å².